The SMILES string of the molecule is CC(C)Cc1ccc(CN(C(Nc2ccc(N(C)C)cc2)=C2C(=O)OC(C)(C)OC2=O)C(C)CN2CCOCC2)cc1. The zero-order valence-electron chi connectivity index (χ0n) is 26.1. The van der Waals surface area contributed by atoms with E-state index in [4.69, 9.17) is 14.2 Å². The molecule has 0 amide bonds. The minimum Gasteiger partial charge on any atom is -0.419 e. The molecular weight excluding hydrogens is 532 g/mol. The predicted molar refractivity (Wildman–Crippen MR) is 165 cm³/mol. The Balaban J connectivity index is 1.76. The Kier molecular flexibility index (Phi) is 10.2. The number of cyclic esters (lactones) is 2. The van der Waals surface area contributed by atoms with Crippen LogP contribution in [-0.4, -0.2) is 80.5 Å². The van der Waals surface area contributed by atoms with Gasteiger partial charge in [-0.3, -0.25) is 4.90 Å². The van der Waals surface area contributed by atoms with E-state index in [1.807, 2.05) is 43.3 Å². The normalized spacial score (nSPS) is 17.9. The van der Waals surface area contributed by atoms with Gasteiger partial charge in [0, 0.05) is 71.5 Å². The molecule has 9 heteroatoms. The van der Waals surface area contributed by atoms with E-state index in [2.05, 4.69) is 60.2 Å². The molecule has 2 saturated heterocycles. The van der Waals surface area contributed by atoms with Gasteiger partial charge in [0.25, 0.3) is 5.79 Å². The first kappa shape index (κ1) is 31.4. The molecule has 4 rings (SSSR count). The Labute approximate surface area is 250 Å². The molecule has 2 aromatic rings. The van der Waals surface area contributed by atoms with Crippen molar-refractivity contribution in [3.63, 3.8) is 0 Å². The van der Waals surface area contributed by atoms with E-state index in [1.54, 1.807) is 13.8 Å². The first-order valence-electron chi connectivity index (χ1n) is 14.8. The number of benzene rings is 2. The Bertz CT molecular complexity index is 1230. The number of nitrogens with one attached hydrogen (secondary N) is 1. The number of carbonyl (C=O) groups is 2. The molecule has 2 fully saturated rings. The van der Waals surface area contributed by atoms with Crippen LogP contribution in [0.2, 0.25) is 0 Å². The van der Waals surface area contributed by atoms with Gasteiger partial charge in [0.15, 0.2) is 5.57 Å². The van der Waals surface area contributed by atoms with Crippen molar-refractivity contribution in [2.45, 2.75) is 59.4 Å². The van der Waals surface area contributed by atoms with Crippen molar-refractivity contribution in [1.82, 2.24) is 9.80 Å². The zero-order chi connectivity index (χ0) is 30.4. The standard InChI is InChI=1S/C33H46N4O5/c1-23(2)20-25-8-10-26(11-9-25)22-37(24(3)21-36-16-18-40-19-17-36)30(29-31(38)41-33(4,5)42-32(29)39)34-27-12-14-28(15-13-27)35(6)7/h8-15,23-24,34H,16-22H2,1-7H3. The first-order valence-corrected chi connectivity index (χ1v) is 14.8. The molecule has 0 bridgehead atoms. The summed E-state index contributed by atoms with van der Waals surface area (Å²) in [5.74, 6) is -1.83. The number of esters is 2. The number of morpholine rings is 1. The van der Waals surface area contributed by atoms with Crippen LogP contribution in [0.5, 0.6) is 0 Å². The van der Waals surface area contributed by atoms with E-state index in [-0.39, 0.29) is 11.6 Å². The van der Waals surface area contributed by atoms with Gasteiger partial charge in [0.2, 0.25) is 0 Å². The van der Waals surface area contributed by atoms with E-state index >= 15 is 0 Å². The Morgan fingerprint density at radius 3 is 2.02 bits per heavy atom. The lowest BCUT2D eigenvalue weighted by molar-refractivity contribution is -0.222. The quantitative estimate of drug-likeness (QED) is 0.233. The van der Waals surface area contributed by atoms with Gasteiger partial charge in [-0.2, -0.15) is 0 Å². The summed E-state index contributed by atoms with van der Waals surface area (Å²) in [6, 6.07) is 16.3. The van der Waals surface area contributed by atoms with Crippen molar-refractivity contribution in [2.75, 3.05) is 57.2 Å². The molecule has 2 aromatic carbocycles. The van der Waals surface area contributed by atoms with Crippen molar-refractivity contribution in [2.24, 2.45) is 5.92 Å². The number of rotatable bonds is 11. The maximum atomic E-state index is 13.4. The maximum Gasteiger partial charge on any atom is 0.352 e. The average molecular weight is 579 g/mol. The molecule has 1 atom stereocenters. The molecule has 9 nitrogen and oxygen atoms in total. The molecule has 0 spiro atoms. The van der Waals surface area contributed by atoms with Crippen molar-refractivity contribution in [3.8, 4) is 0 Å². The fourth-order valence-electron chi connectivity index (χ4n) is 5.26. The summed E-state index contributed by atoms with van der Waals surface area (Å²) < 4.78 is 16.7. The monoisotopic (exact) mass is 578 g/mol. The predicted octanol–water partition coefficient (Wildman–Crippen LogP) is 4.63. The lowest BCUT2D eigenvalue weighted by atomic mass is 10.0. The van der Waals surface area contributed by atoms with Crippen molar-refractivity contribution in [3.05, 3.63) is 71.1 Å². The van der Waals surface area contributed by atoms with Gasteiger partial charge < -0.3 is 29.3 Å². The van der Waals surface area contributed by atoms with E-state index < -0.39 is 17.7 Å². The second-order valence-electron chi connectivity index (χ2n) is 12.3. The van der Waals surface area contributed by atoms with Gasteiger partial charge in [0.1, 0.15) is 5.82 Å². The summed E-state index contributed by atoms with van der Waals surface area (Å²) in [4.78, 5) is 33.3. The lowest BCUT2D eigenvalue weighted by Crippen LogP contribution is -2.49. The summed E-state index contributed by atoms with van der Waals surface area (Å²) in [5, 5.41) is 3.42. The highest BCUT2D eigenvalue weighted by Crippen LogP contribution is 2.30. The van der Waals surface area contributed by atoms with E-state index in [0.29, 0.717) is 31.5 Å². The molecular formula is C33H46N4O5. The number of ether oxygens (including phenoxy) is 3. The largest absolute Gasteiger partial charge is 0.419 e. The first-order chi connectivity index (χ1) is 19.9. The fraction of sp³-hybridized carbons (Fsp3) is 0.515. The van der Waals surface area contributed by atoms with Crippen LogP contribution in [-0.2, 0) is 36.8 Å². The second kappa shape index (κ2) is 13.6. The minimum atomic E-state index is -1.34. The molecule has 2 heterocycles. The van der Waals surface area contributed by atoms with Crippen LogP contribution in [0.25, 0.3) is 0 Å². The van der Waals surface area contributed by atoms with Gasteiger partial charge in [0.05, 0.1) is 13.2 Å². The molecule has 0 saturated carbocycles. The molecule has 0 radical (unpaired) electrons. The second-order valence-corrected chi connectivity index (χ2v) is 12.3. The van der Waals surface area contributed by atoms with Crippen molar-refractivity contribution < 1.29 is 23.8 Å². The van der Waals surface area contributed by atoms with Crippen LogP contribution >= 0.6 is 0 Å². The Morgan fingerprint density at radius 1 is 0.905 bits per heavy atom. The van der Waals surface area contributed by atoms with E-state index in [9.17, 15) is 9.59 Å². The fourth-order valence-corrected chi connectivity index (χ4v) is 5.26. The molecule has 228 valence electrons. The average Bonchev–Trinajstić information content (AvgIpc) is 2.91. The van der Waals surface area contributed by atoms with Crippen molar-refractivity contribution >= 4 is 23.3 Å². The number of anilines is 2. The van der Waals surface area contributed by atoms with Crippen LogP contribution in [0.1, 0.15) is 45.7 Å². The summed E-state index contributed by atoms with van der Waals surface area (Å²) in [7, 11) is 3.96. The smallest absolute Gasteiger partial charge is 0.352 e. The van der Waals surface area contributed by atoms with E-state index in [0.717, 1.165) is 43.0 Å². The molecule has 0 aromatic heterocycles. The van der Waals surface area contributed by atoms with Gasteiger partial charge in [-0.15, -0.1) is 0 Å². The van der Waals surface area contributed by atoms with Crippen LogP contribution < -0.4 is 10.2 Å². The lowest BCUT2D eigenvalue weighted by Gasteiger charge is -2.39. The van der Waals surface area contributed by atoms with Gasteiger partial charge in [-0.1, -0.05) is 38.1 Å². The highest BCUT2D eigenvalue weighted by atomic mass is 16.7. The topological polar surface area (TPSA) is 83.6 Å². The third-order valence-electron chi connectivity index (χ3n) is 7.43. The zero-order valence-corrected chi connectivity index (χ0v) is 26.1. The third-order valence-corrected chi connectivity index (χ3v) is 7.43. The van der Waals surface area contributed by atoms with Crippen LogP contribution in [0.3, 0.4) is 0 Å². The van der Waals surface area contributed by atoms with Crippen LogP contribution in [0, 0.1) is 5.92 Å². The van der Waals surface area contributed by atoms with E-state index in [1.165, 1.54) is 5.56 Å². The molecule has 1 N–H and O–H groups in total. The number of hydrogen-bond donors (Lipinski definition) is 1. The highest BCUT2D eigenvalue weighted by Gasteiger charge is 2.43. The molecule has 1 unspecified atom stereocenters. The molecule has 0 aliphatic carbocycles. The van der Waals surface area contributed by atoms with Crippen molar-refractivity contribution in [1.29, 1.82) is 0 Å². The summed E-state index contributed by atoms with van der Waals surface area (Å²) in [6.45, 7) is 13.9. The number of carbonyl (C=O) groups excluding carboxylic acids is 2. The number of hydrogen-bond acceptors (Lipinski definition) is 9. The Morgan fingerprint density at radius 2 is 1.48 bits per heavy atom. The van der Waals surface area contributed by atoms with Crippen LogP contribution in [0.15, 0.2) is 59.9 Å². The summed E-state index contributed by atoms with van der Waals surface area (Å²) in [6.07, 6.45) is 1.00. The molecule has 2 aliphatic rings. The van der Waals surface area contributed by atoms with Gasteiger partial charge in [-0.05, 0) is 54.7 Å². The van der Waals surface area contributed by atoms with Gasteiger partial charge >= 0.3 is 11.9 Å². The maximum absolute atomic E-state index is 13.4. The summed E-state index contributed by atoms with van der Waals surface area (Å²) >= 11 is 0. The number of nitrogens with zero attached hydrogens (tertiary/aromatic N) is 3. The highest BCUT2D eigenvalue weighted by molar-refractivity contribution is 6.16. The minimum absolute atomic E-state index is 0.0787. The van der Waals surface area contributed by atoms with Crippen LogP contribution in [0.4, 0.5) is 11.4 Å². The van der Waals surface area contributed by atoms with Gasteiger partial charge in [-0.25, -0.2) is 9.59 Å². The molecule has 42 heavy (non-hydrogen) atoms. The Hall–Kier alpha value is -3.56. The molecule has 2 aliphatic heterocycles. The third kappa shape index (κ3) is 8.26. The summed E-state index contributed by atoms with van der Waals surface area (Å²) in [5.41, 5.74) is 3.98.